The normalized spacial score (nSPS) is 10.2. The fourth-order valence-electron chi connectivity index (χ4n) is 1.73. The molecule has 2 aromatic rings. The third kappa shape index (κ3) is 2.78. The summed E-state index contributed by atoms with van der Waals surface area (Å²) in [6, 6.07) is 5.58. The predicted molar refractivity (Wildman–Crippen MR) is 69.7 cm³/mol. The maximum atomic E-state index is 13.6. The molecule has 4 nitrogen and oxygen atoms in total. The van der Waals surface area contributed by atoms with Crippen molar-refractivity contribution in [2.45, 2.75) is 0 Å². The molecule has 0 aliphatic rings. The number of carbonyl (C=O) groups excluding carboxylic acids is 2. The van der Waals surface area contributed by atoms with Crippen LogP contribution in [-0.2, 0) is 0 Å². The van der Waals surface area contributed by atoms with E-state index in [1.807, 2.05) is 0 Å². The van der Waals surface area contributed by atoms with Crippen LogP contribution in [0.2, 0.25) is 0 Å². The number of hydrogen-bond acceptors (Lipinski definition) is 4. The highest BCUT2D eigenvalue weighted by atomic mass is 19.2. The summed E-state index contributed by atoms with van der Waals surface area (Å²) in [7, 11) is 1.28. The van der Waals surface area contributed by atoms with Gasteiger partial charge in [-0.15, -0.1) is 0 Å². The third-order valence-electron chi connectivity index (χ3n) is 2.81. The Morgan fingerprint density at radius 3 is 2.45 bits per heavy atom. The van der Waals surface area contributed by atoms with E-state index < -0.39 is 29.0 Å². The minimum absolute atomic E-state index is 0.0179. The fourth-order valence-corrected chi connectivity index (χ4v) is 1.73. The first-order valence-corrected chi connectivity index (χ1v) is 5.97. The second-order valence-corrected chi connectivity index (χ2v) is 4.11. The zero-order valence-corrected chi connectivity index (χ0v) is 11.2. The Bertz CT molecular complexity index is 744. The van der Waals surface area contributed by atoms with Crippen molar-refractivity contribution in [1.82, 2.24) is 0 Å². The topological polar surface area (TPSA) is 52.6 Å². The van der Waals surface area contributed by atoms with Crippen LogP contribution in [0.1, 0.15) is 20.7 Å². The molecule has 0 bridgehead atoms. The van der Waals surface area contributed by atoms with Crippen LogP contribution in [0.4, 0.5) is 13.2 Å². The lowest BCUT2D eigenvalue weighted by Crippen LogP contribution is -2.14. The van der Waals surface area contributed by atoms with E-state index in [1.54, 1.807) is 0 Å². The van der Waals surface area contributed by atoms with Crippen molar-refractivity contribution in [3.8, 4) is 11.5 Å². The minimum Gasteiger partial charge on any atom is -0.493 e. The molecule has 0 N–H and O–H groups in total. The molecule has 0 unspecified atom stereocenters. The Balaban J connectivity index is 2.42. The standard InChI is InChI=1S/C15H9F3O4/c1-21-11-4-2-3-8(7-19)14(11)22-15(20)9-5-6-10(16)13(18)12(9)17/h2-7H,1H3. The zero-order chi connectivity index (χ0) is 16.3. The van der Waals surface area contributed by atoms with Crippen LogP contribution in [0.5, 0.6) is 11.5 Å². The molecule has 114 valence electrons. The summed E-state index contributed by atoms with van der Waals surface area (Å²) in [4.78, 5) is 22.9. The number of halogens is 3. The van der Waals surface area contributed by atoms with Gasteiger partial charge in [0.1, 0.15) is 0 Å². The summed E-state index contributed by atoms with van der Waals surface area (Å²) >= 11 is 0. The van der Waals surface area contributed by atoms with Gasteiger partial charge in [0.2, 0.25) is 0 Å². The first kappa shape index (κ1) is 15.6. The number of ether oxygens (including phenoxy) is 2. The van der Waals surface area contributed by atoms with Crippen LogP contribution >= 0.6 is 0 Å². The zero-order valence-electron chi connectivity index (χ0n) is 11.2. The van der Waals surface area contributed by atoms with Crippen molar-refractivity contribution < 1.29 is 32.2 Å². The molecule has 0 aliphatic carbocycles. The minimum atomic E-state index is -1.79. The van der Waals surface area contributed by atoms with Crippen molar-refractivity contribution in [3.63, 3.8) is 0 Å². The Kier molecular flexibility index (Phi) is 4.45. The van der Waals surface area contributed by atoms with Gasteiger partial charge in [0.15, 0.2) is 35.2 Å². The van der Waals surface area contributed by atoms with Gasteiger partial charge in [0.05, 0.1) is 18.2 Å². The lowest BCUT2D eigenvalue weighted by Gasteiger charge is -2.11. The maximum absolute atomic E-state index is 13.6. The summed E-state index contributed by atoms with van der Waals surface area (Å²) in [6.45, 7) is 0. The molecule has 0 aromatic heterocycles. The maximum Gasteiger partial charge on any atom is 0.346 e. The van der Waals surface area contributed by atoms with Crippen molar-refractivity contribution in [1.29, 1.82) is 0 Å². The number of methoxy groups -OCH3 is 1. The number of aldehydes is 1. The van der Waals surface area contributed by atoms with E-state index in [-0.39, 0.29) is 17.1 Å². The van der Waals surface area contributed by atoms with E-state index >= 15 is 0 Å². The van der Waals surface area contributed by atoms with Crippen molar-refractivity contribution in [2.75, 3.05) is 7.11 Å². The van der Waals surface area contributed by atoms with Gasteiger partial charge in [-0.05, 0) is 24.3 Å². The Hall–Kier alpha value is -2.83. The predicted octanol–water partition coefficient (Wildman–Crippen LogP) is 3.14. The molecule has 22 heavy (non-hydrogen) atoms. The van der Waals surface area contributed by atoms with Crippen LogP contribution in [0.15, 0.2) is 30.3 Å². The number of para-hydroxylation sites is 1. The molecule has 0 heterocycles. The average Bonchev–Trinajstić information content (AvgIpc) is 2.52. The van der Waals surface area contributed by atoms with E-state index in [9.17, 15) is 22.8 Å². The molecule has 0 saturated heterocycles. The third-order valence-corrected chi connectivity index (χ3v) is 2.81. The molecule has 0 fully saturated rings. The Labute approximate surface area is 123 Å². The van der Waals surface area contributed by atoms with Gasteiger partial charge in [-0.2, -0.15) is 0 Å². The van der Waals surface area contributed by atoms with Crippen LogP contribution in [0.3, 0.4) is 0 Å². The van der Waals surface area contributed by atoms with Gasteiger partial charge < -0.3 is 9.47 Å². The molecule has 0 saturated carbocycles. The second kappa shape index (κ2) is 6.30. The SMILES string of the molecule is COc1cccc(C=O)c1OC(=O)c1ccc(F)c(F)c1F. The van der Waals surface area contributed by atoms with Gasteiger partial charge in [0, 0.05) is 0 Å². The first-order chi connectivity index (χ1) is 10.5. The molecular formula is C15H9F3O4. The number of carbonyl (C=O) groups is 2. The van der Waals surface area contributed by atoms with E-state index in [0.717, 1.165) is 6.07 Å². The highest BCUT2D eigenvalue weighted by Gasteiger charge is 2.22. The van der Waals surface area contributed by atoms with Crippen LogP contribution in [0, 0.1) is 17.5 Å². The van der Waals surface area contributed by atoms with Gasteiger partial charge in [0.25, 0.3) is 0 Å². The average molecular weight is 310 g/mol. The molecule has 0 spiro atoms. The Morgan fingerprint density at radius 1 is 1.09 bits per heavy atom. The number of benzene rings is 2. The molecule has 0 amide bonds. The van der Waals surface area contributed by atoms with E-state index in [4.69, 9.17) is 9.47 Å². The van der Waals surface area contributed by atoms with Gasteiger partial charge in [-0.3, -0.25) is 4.79 Å². The first-order valence-electron chi connectivity index (χ1n) is 5.97. The number of esters is 1. The summed E-state index contributed by atoms with van der Waals surface area (Å²) in [6.07, 6.45) is 0.409. The van der Waals surface area contributed by atoms with E-state index in [2.05, 4.69) is 0 Å². The number of hydrogen-bond donors (Lipinski definition) is 0. The van der Waals surface area contributed by atoms with E-state index in [0.29, 0.717) is 12.4 Å². The lowest BCUT2D eigenvalue weighted by molar-refractivity contribution is 0.0722. The summed E-state index contributed by atoms with van der Waals surface area (Å²) in [5.41, 5.74) is -0.822. The summed E-state index contributed by atoms with van der Waals surface area (Å²) in [5.74, 6) is -6.36. The molecule has 7 heteroatoms. The highest BCUT2D eigenvalue weighted by Crippen LogP contribution is 2.31. The lowest BCUT2D eigenvalue weighted by atomic mass is 10.2. The van der Waals surface area contributed by atoms with Crippen molar-refractivity contribution in [3.05, 3.63) is 58.9 Å². The molecule has 2 aromatic carbocycles. The molecule has 0 aliphatic heterocycles. The Morgan fingerprint density at radius 2 is 1.82 bits per heavy atom. The number of rotatable bonds is 4. The molecule has 0 atom stereocenters. The van der Waals surface area contributed by atoms with Crippen molar-refractivity contribution >= 4 is 12.3 Å². The smallest absolute Gasteiger partial charge is 0.346 e. The monoisotopic (exact) mass is 310 g/mol. The van der Waals surface area contributed by atoms with Crippen LogP contribution < -0.4 is 9.47 Å². The van der Waals surface area contributed by atoms with Gasteiger partial charge in [-0.1, -0.05) is 6.07 Å². The van der Waals surface area contributed by atoms with E-state index in [1.165, 1.54) is 25.3 Å². The quantitative estimate of drug-likeness (QED) is 0.377. The van der Waals surface area contributed by atoms with Crippen LogP contribution in [-0.4, -0.2) is 19.4 Å². The molecule has 0 radical (unpaired) electrons. The second-order valence-electron chi connectivity index (χ2n) is 4.11. The molecule has 2 rings (SSSR count). The summed E-state index contributed by atoms with van der Waals surface area (Å²) < 4.78 is 49.4. The van der Waals surface area contributed by atoms with Gasteiger partial charge >= 0.3 is 5.97 Å². The fraction of sp³-hybridized carbons (Fsp3) is 0.0667. The highest BCUT2D eigenvalue weighted by molar-refractivity contribution is 5.93. The molecular weight excluding hydrogens is 301 g/mol. The van der Waals surface area contributed by atoms with Crippen molar-refractivity contribution in [2.24, 2.45) is 0 Å². The largest absolute Gasteiger partial charge is 0.493 e. The van der Waals surface area contributed by atoms with Crippen LogP contribution in [0.25, 0.3) is 0 Å². The summed E-state index contributed by atoms with van der Waals surface area (Å²) in [5, 5.41) is 0. The van der Waals surface area contributed by atoms with Gasteiger partial charge in [-0.25, -0.2) is 18.0 Å².